The lowest BCUT2D eigenvalue weighted by Crippen LogP contribution is -2.51. The largest absolute Gasteiger partial charge is 0.444 e. The first-order valence-electron chi connectivity index (χ1n) is 5.66. The van der Waals surface area contributed by atoms with E-state index in [1.54, 1.807) is 0 Å². The average molecular weight is 243 g/mol. The van der Waals surface area contributed by atoms with Crippen LogP contribution in [-0.4, -0.2) is 25.4 Å². The van der Waals surface area contributed by atoms with Crippen LogP contribution in [0.5, 0.6) is 0 Å². The average Bonchev–Trinajstić information content (AvgIpc) is 1.97. The van der Waals surface area contributed by atoms with E-state index in [4.69, 9.17) is 4.74 Å². The summed E-state index contributed by atoms with van der Waals surface area (Å²) in [6.07, 6.45) is 2.32. The Morgan fingerprint density at radius 3 is 2.25 bits per heavy atom. The molecule has 0 bridgehead atoms. The van der Waals surface area contributed by atoms with Crippen LogP contribution in [0.4, 0.5) is 4.79 Å². The molecule has 0 saturated carbocycles. The molecule has 0 aliphatic carbocycles. The second kappa shape index (κ2) is 5.52. The van der Waals surface area contributed by atoms with Gasteiger partial charge in [-0.3, -0.25) is 0 Å². The van der Waals surface area contributed by atoms with Crippen molar-refractivity contribution in [1.82, 2.24) is 5.32 Å². The molecule has 0 aromatic rings. The van der Waals surface area contributed by atoms with Crippen LogP contribution in [-0.2, 0) is 4.74 Å². The first-order chi connectivity index (χ1) is 7.06. The fourth-order valence-corrected chi connectivity index (χ4v) is 2.67. The van der Waals surface area contributed by atoms with Gasteiger partial charge in [0.15, 0.2) is 0 Å². The van der Waals surface area contributed by atoms with Crippen molar-refractivity contribution in [2.75, 3.05) is 0 Å². The third-order valence-corrected chi connectivity index (χ3v) is 4.61. The summed E-state index contributed by atoms with van der Waals surface area (Å²) in [5.74, 6) is 0. The molecule has 0 radical (unpaired) electrons. The van der Waals surface area contributed by atoms with E-state index < -0.39 is 13.7 Å². The van der Waals surface area contributed by atoms with E-state index in [1.807, 2.05) is 26.8 Å². The summed E-state index contributed by atoms with van der Waals surface area (Å²) in [7, 11) is -1.43. The SMILES string of the molecule is C=CC[C@H](NC(=O)OC(C)(C)C)[Si](C)(C)C. The van der Waals surface area contributed by atoms with Crippen molar-refractivity contribution in [2.24, 2.45) is 0 Å². The number of hydrogen-bond donors (Lipinski definition) is 1. The lowest BCUT2D eigenvalue weighted by Gasteiger charge is -2.30. The van der Waals surface area contributed by atoms with Crippen LogP contribution in [0.1, 0.15) is 27.2 Å². The molecular formula is C12H25NO2Si. The van der Waals surface area contributed by atoms with Crippen LogP contribution >= 0.6 is 0 Å². The van der Waals surface area contributed by atoms with E-state index in [2.05, 4.69) is 31.5 Å². The van der Waals surface area contributed by atoms with E-state index in [-0.39, 0.29) is 11.8 Å². The number of hydrogen-bond acceptors (Lipinski definition) is 2. The summed E-state index contributed by atoms with van der Waals surface area (Å²) in [5, 5.41) is 2.94. The van der Waals surface area contributed by atoms with Crippen LogP contribution in [0.3, 0.4) is 0 Å². The van der Waals surface area contributed by atoms with Crippen molar-refractivity contribution in [3.63, 3.8) is 0 Å². The number of ether oxygens (including phenoxy) is 1. The number of carbonyl (C=O) groups excluding carboxylic acids is 1. The molecule has 0 unspecified atom stereocenters. The standard InChI is InChI=1S/C12H25NO2Si/c1-8-9-10(16(5,6)7)13-11(14)15-12(2,3)4/h8,10H,1,9H2,2-7H3,(H,13,14)/t10-/m1/s1. The molecule has 0 aliphatic heterocycles. The van der Waals surface area contributed by atoms with Gasteiger partial charge in [0.2, 0.25) is 0 Å². The van der Waals surface area contributed by atoms with Gasteiger partial charge in [0.05, 0.1) is 8.07 Å². The lowest BCUT2D eigenvalue weighted by molar-refractivity contribution is 0.0519. The van der Waals surface area contributed by atoms with E-state index in [0.717, 1.165) is 6.42 Å². The second-order valence-corrected chi connectivity index (χ2v) is 11.5. The minimum Gasteiger partial charge on any atom is -0.444 e. The first kappa shape index (κ1) is 15.2. The molecule has 0 aromatic heterocycles. The minimum atomic E-state index is -1.43. The van der Waals surface area contributed by atoms with Crippen LogP contribution in [0, 0.1) is 0 Å². The Labute approximate surface area is 100 Å². The van der Waals surface area contributed by atoms with Gasteiger partial charge in [0.1, 0.15) is 5.60 Å². The Morgan fingerprint density at radius 1 is 1.44 bits per heavy atom. The summed E-state index contributed by atoms with van der Waals surface area (Å²) < 4.78 is 5.25. The zero-order chi connectivity index (χ0) is 13.0. The molecule has 0 aliphatic rings. The van der Waals surface area contributed by atoms with Gasteiger partial charge in [0, 0.05) is 5.67 Å². The Bertz CT molecular complexity index is 251. The lowest BCUT2D eigenvalue weighted by atomic mass is 10.2. The molecule has 1 amide bonds. The number of amides is 1. The number of nitrogens with one attached hydrogen (secondary N) is 1. The van der Waals surface area contributed by atoms with Gasteiger partial charge in [-0.1, -0.05) is 25.7 Å². The maximum Gasteiger partial charge on any atom is 0.407 e. The zero-order valence-electron chi connectivity index (χ0n) is 11.4. The van der Waals surface area contributed by atoms with Gasteiger partial charge < -0.3 is 10.1 Å². The van der Waals surface area contributed by atoms with Crippen molar-refractivity contribution < 1.29 is 9.53 Å². The van der Waals surface area contributed by atoms with Gasteiger partial charge in [-0.2, -0.15) is 0 Å². The molecule has 0 fully saturated rings. The Kier molecular flexibility index (Phi) is 5.26. The normalized spacial score (nSPS) is 14.1. The van der Waals surface area contributed by atoms with Crippen LogP contribution in [0.2, 0.25) is 19.6 Å². The van der Waals surface area contributed by atoms with Crippen LogP contribution < -0.4 is 5.32 Å². The predicted molar refractivity (Wildman–Crippen MR) is 71.3 cm³/mol. The molecule has 0 spiro atoms. The van der Waals surface area contributed by atoms with E-state index in [9.17, 15) is 4.79 Å². The smallest absolute Gasteiger partial charge is 0.407 e. The van der Waals surface area contributed by atoms with Gasteiger partial charge >= 0.3 is 6.09 Å². The third kappa shape index (κ3) is 6.66. The van der Waals surface area contributed by atoms with Crippen molar-refractivity contribution in [3.05, 3.63) is 12.7 Å². The quantitative estimate of drug-likeness (QED) is 0.607. The van der Waals surface area contributed by atoms with Crippen molar-refractivity contribution in [2.45, 2.75) is 58.1 Å². The van der Waals surface area contributed by atoms with E-state index >= 15 is 0 Å². The summed E-state index contributed by atoms with van der Waals surface area (Å²) >= 11 is 0. The molecule has 0 heterocycles. The highest BCUT2D eigenvalue weighted by Gasteiger charge is 2.28. The molecule has 0 rings (SSSR count). The molecule has 4 heteroatoms. The fraction of sp³-hybridized carbons (Fsp3) is 0.750. The number of rotatable bonds is 4. The molecule has 1 atom stereocenters. The number of carbonyl (C=O) groups is 1. The molecule has 3 nitrogen and oxygen atoms in total. The molecule has 0 aromatic carbocycles. The van der Waals surface area contributed by atoms with Gasteiger partial charge in [-0.05, 0) is 27.2 Å². The van der Waals surface area contributed by atoms with Gasteiger partial charge in [0.25, 0.3) is 0 Å². The highest BCUT2D eigenvalue weighted by Crippen LogP contribution is 2.13. The van der Waals surface area contributed by atoms with Crippen molar-refractivity contribution in [3.8, 4) is 0 Å². The van der Waals surface area contributed by atoms with Gasteiger partial charge in [-0.15, -0.1) is 6.58 Å². The maximum atomic E-state index is 11.6. The Hall–Kier alpha value is -0.773. The van der Waals surface area contributed by atoms with Crippen LogP contribution in [0.25, 0.3) is 0 Å². The highest BCUT2D eigenvalue weighted by atomic mass is 28.3. The van der Waals surface area contributed by atoms with E-state index in [1.165, 1.54) is 0 Å². The number of alkyl carbamates (subject to hydrolysis) is 1. The topological polar surface area (TPSA) is 38.3 Å². The fourth-order valence-electron chi connectivity index (χ4n) is 1.25. The summed E-state index contributed by atoms with van der Waals surface area (Å²) in [4.78, 5) is 11.6. The van der Waals surface area contributed by atoms with E-state index in [0.29, 0.717) is 0 Å². The molecular weight excluding hydrogens is 218 g/mol. The minimum absolute atomic E-state index is 0.180. The van der Waals surface area contributed by atoms with Crippen molar-refractivity contribution in [1.29, 1.82) is 0 Å². The molecule has 94 valence electrons. The molecule has 0 saturated heterocycles. The summed E-state index contributed by atoms with van der Waals surface area (Å²) in [6, 6.07) is 0. The predicted octanol–water partition coefficient (Wildman–Crippen LogP) is 3.33. The highest BCUT2D eigenvalue weighted by molar-refractivity contribution is 6.77. The van der Waals surface area contributed by atoms with Crippen molar-refractivity contribution >= 4 is 14.2 Å². The van der Waals surface area contributed by atoms with Gasteiger partial charge in [-0.25, -0.2) is 4.79 Å². The Morgan fingerprint density at radius 2 is 1.94 bits per heavy atom. The first-order valence-corrected chi connectivity index (χ1v) is 9.24. The van der Waals surface area contributed by atoms with Crippen LogP contribution in [0.15, 0.2) is 12.7 Å². The zero-order valence-corrected chi connectivity index (χ0v) is 12.4. The second-order valence-electron chi connectivity index (χ2n) is 6.09. The molecule has 1 N–H and O–H groups in total. The summed E-state index contributed by atoms with van der Waals surface area (Å²) in [5.41, 5.74) is -0.262. The summed E-state index contributed by atoms with van der Waals surface area (Å²) in [6.45, 7) is 16.0. The molecule has 16 heavy (non-hydrogen) atoms. The monoisotopic (exact) mass is 243 g/mol. The Balaban J connectivity index is 4.42. The maximum absolute atomic E-state index is 11.6. The third-order valence-electron chi connectivity index (χ3n) is 2.14.